The minimum absolute atomic E-state index is 0.729. The Morgan fingerprint density at radius 2 is 0.404 bits per heavy atom. The van der Waals surface area contributed by atoms with Crippen molar-refractivity contribution < 1.29 is 0 Å². The van der Waals surface area contributed by atoms with E-state index in [1.807, 2.05) is 0 Å². The molecule has 0 saturated heterocycles. The Labute approximate surface area is 695 Å². The first kappa shape index (κ1) is 76.8. The summed E-state index contributed by atoms with van der Waals surface area (Å²) in [5, 5.41) is 5.85. The lowest BCUT2D eigenvalue weighted by atomic mass is 9.89. The van der Waals surface area contributed by atoms with Crippen LogP contribution in [-0.4, -0.2) is 29.9 Å². The van der Waals surface area contributed by atoms with Crippen molar-refractivity contribution in [1.82, 2.24) is 29.9 Å². The molecule has 0 fully saturated rings. The van der Waals surface area contributed by atoms with Crippen LogP contribution in [0.4, 0.5) is 0 Å². The van der Waals surface area contributed by atoms with Crippen LogP contribution in [0.25, 0.3) is 133 Å². The van der Waals surface area contributed by atoms with Crippen molar-refractivity contribution >= 4 is 113 Å². The number of pyridine rings is 6. The number of halogens is 3. The highest BCUT2D eigenvalue weighted by Gasteiger charge is 2.26. The molecule has 16 aromatic rings. The van der Waals surface area contributed by atoms with E-state index in [0.29, 0.717) is 0 Å². The summed E-state index contributed by atoms with van der Waals surface area (Å²) in [7, 11) is 0. The normalized spacial score (nSPS) is 11.5. The summed E-state index contributed by atoms with van der Waals surface area (Å²) in [6.45, 7) is 45.8. The molecule has 0 aliphatic rings. The molecule has 0 bridgehead atoms. The van der Waals surface area contributed by atoms with Gasteiger partial charge in [0.1, 0.15) is 0 Å². The van der Waals surface area contributed by atoms with Gasteiger partial charge in [0.05, 0.1) is 84.0 Å². The zero-order chi connectivity index (χ0) is 80.6. The minimum Gasteiger partial charge on any atom is -0.245 e. The third-order valence-corrected chi connectivity index (χ3v) is 27.6. The fourth-order valence-electron chi connectivity index (χ4n) is 17.6. The van der Waals surface area contributed by atoms with E-state index in [4.69, 9.17) is 29.9 Å². The topological polar surface area (TPSA) is 77.3 Å². The van der Waals surface area contributed by atoms with Gasteiger partial charge in [0.15, 0.2) is 0 Å². The molecule has 0 amide bonds. The second-order valence-electron chi connectivity index (χ2n) is 31.8. The summed E-state index contributed by atoms with van der Waals surface area (Å²) in [5.41, 5.74) is 45.7. The van der Waals surface area contributed by atoms with Gasteiger partial charge in [-0.05, 0) is 300 Å². The van der Waals surface area contributed by atoms with E-state index in [1.54, 1.807) is 0 Å². The van der Waals surface area contributed by atoms with E-state index in [9.17, 15) is 0 Å². The predicted molar refractivity (Wildman–Crippen MR) is 491 cm³/mol. The lowest BCUT2D eigenvalue weighted by Gasteiger charge is -2.19. The van der Waals surface area contributed by atoms with Crippen LogP contribution in [0.5, 0.6) is 0 Å². The fraction of sp³-hybridized carbons (Fsp3) is 0.200. The van der Waals surface area contributed by atoms with Crippen LogP contribution in [-0.2, 0) is 0 Å². The average Bonchev–Trinajstić information content (AvgIpc) is 0.751. The first-order chi connectivity index (χ1) is 54.4. The van der Waals surface area contributed by atoms with Crippen molar-refractivity contribution in [2.45, 2.75) is 145 Å². The zero-order valence-electron chi connectivity index (χ0n) is 68.7. The van der Waals surface area contributed by atoms with Gasteiger partial charge >= 0.3 is 0 Å². The van der Waals surface area contributed by atoms with Crippen molar-refractivity contribution in [1.29, 1.82) is 0 Å². The van der Waals surface area contributed by atoms with Gasteiger partial charge in [-0.2, -0.15) is 0 Å². The molecule has 114 heavy (non-hydrogen) atoms. The molecule has 0 N–H and O–H groups in total. The Kier molecular flexibility index (Phi) is 19.9. The molecule has 0 spiro atoms. The molecule has 558 valence electrons. The lowest BCUT2D eigenvalue weighted by molar-refractivity contribution is 1.20. The van der Waals surface area contributed by atoms with Crippen molar-refractivity contribution in [2.75, 3.05) is 0 Å². The van der Waals surface area contributed by atoms with Crippen LogP contribution in [0.3, 0.4) is 0 Å². The average molecular weight is 1670 g/mol. The van der Waals surface area contributed by atoms with E-state index in [-0.39, 0.29) is 0 Å². The highest BCUT2D eigenvalue weighted by atomic mass is 79.9. The third kappa shape index (κ3) is 13.4. The summed E-state index contributed by atoms with van der Waals surface area (Å²) in [6.07, 6.45) is 0. The smallest absolute Gasteiger partial charge is 0.0973 e. The second-order valence-corrected chi connectivity index (χ2v) is 34.2. The summed E-state index contributed by atoms with van der Waals surface area (Å²) in [5.74, 6) is 22.6. The number of hydrogen-bond donors (Lipinski definition) is 0. The molecule has 9 heteroatoms. The Morgan fingerprint density at radius 1 is 0.202 bits per heavy atom. The van der Waals surface area contributed by atoms with Gasteiger partial charge in [0.25, 0.3) is 0 Å². The van der Waals surface area contributed by atoms with E-state index < -0.39 is 0 Å². The van der Waals surface area contributed by atoms with Crippen LogP contribution in [0.1, 0.15) is 150 Å². The molecule has 10 aromatic carbocycles. The van der Waals surface area contributed by atoms with E-state index in [2.05, 4.69) is 374 Å². The molecule has 6 nitrogen and oxygen atoms in total. The van der Waals surface area contributed by atoms with Crippen LogP contribution in [0, 0.1) is 181 Å². The quantitative estimate of drug-likeness (QED) is 0.122. The van der Waals surface area contributed by atoms with Crippen LogP contribution in [0.2, 0.25) is 0 Å². The van der Waals surface area contributed by atoms with Crippen molar-refractivity contribution in [3.05, 3.63) is 309 Å². The van der Waals surface area contributed by atoms with Crippen LogP contribution >= 0.6 is 47.8 Å². The first-order valence-corrected chi connectivity index (χ1v) is 41.3. The van der Waals surface area contributed by atoms with Gasteiger partial charge in [-0.3, -0.25) is 0 Å². The number of nitrogens with zero attached hydrogens (tertiary/aromatic N) is 6. The van der Waals surface area contributed by atoms with Crippen molar-refractivity contribution in [3.8, 4) is 103 Å². The van der Waals surface area contributed by atoms with Crippen LogP contribution < -0.4 is 0 Å². The van der Waals surface area contributed by atoms with Crippen LogP contribution in [0.15, 0.2) is 159 Å². The van der Waals surface area contributed by atoms with E-state index in [0.717, 1.165) is 247 Å². The number of fused-ring (bicyclic) bond motifs is 9. The molecule has 0 aliphatic carbocycles. The lowest BCUT2D eigenvalue weighted by Crippen LogP contribution is -2.02. The standard InChI is InChI=1S/C105H87Br3N6/c1-52-40-55(4)88(56(5)41-52)85-37-34-76-28-31-82-49-79(97(112-103(82)100(76)109-85)91-61(10)67(16)94(106)68(17)62(91)11)25-22-73-46-74(23-26-80-50-83-32-29-77-35-38-86(89-57(6)42-53(2)43-58(89)7)110-101(77)104(83)113-98(80)92-63(12)69(18)95(107)70(19)64(92)13)48-75(47-73)24-27-81-51-84-33-30-78-36-39-87(90-59(8)44-54(3)45-60(90)9)111-102(78)105(84)114-99(81)93-65(14)71(20)96(108)72(21)66(93)15/h28-51H,1-21H3. The summed E-state index contributed by atoms with van der Waals surface area (Å²) in [6, 6.07) is 52.2. The number of aryl methyl sites for hydroxylation is 9. The Hall–Kier alpha value is -11.2. The first-order valence-electron chi connectivity index (χ1n) is 38.9. The molecule has 0 saturated carbocycles. The van der Waals surface area contributed by atoms with Gasteiger partial charge in [0.2, 0.25) is 0 Å². The van der Waals surface area contributed by atoms with Gasteiger partial charge in [-0.1, -0.05) is 191 Å². The molecule has 0 unspecified atom stereocenters. The van der Waals surface area contributed by atoms with Gasteiger partial charge in [-0.15, -0.1) is 0 Å². The van der Waals surface area contributed by atoms with E-state index in [1.165, 1.54) is 50.1 Å². The molecule has 16 rings (SSSR count). The number of hydrogen-bond acceptors (Lipinski definition) is 6. The second kappa shape index (κ2) is 29.6. The summed E-state index contributed by atoms with van der Waals surface area (Å²) in [4.78, 5) is 33.9. The fourth-order valence-corrected chi connectivity index (χ4v) is 19.4. The monoisotopic (exact) mass is 1670 g/mol. The number of rotatable bonds is 6. The molecule has 0 atom stereocenters. The Bertz CT molecular complexity index is 6370. The Balaban J connectivity index is 0.943. The summed E-state index contributed by atoms with van der Waals surface area (Å²) < 4.78 is 3.27. The molecule has 0 aliphatic heterocycles. The molecular weight excluding hydrogens is 1580 g/mol. The largest absolute Gasteiger partial charge is 0.245 e. The maximum atomic E-state index is 5.78. The zero-order valence-corrected chi connectivity index (χ0v) is 73.4. The summed E-state index contributed by atoms with van der Waals surface area (Å²) >= 11 is 12.0. The highest BCUT2D eigenvalue weighted by Crippen LogP contribution is 2.45. The van der Waals surface area contributed by atoms with E-state index >= 15 is 0 Å². The minimum atomic E-state index is 0.729. The SMILES string of the molecule is Cc1cc(C)c(-c2ccc3ccc4cc(C#Cc5cc(C#Cc6cc7ccc8ccc(-c9c(C)cc(C)cc9C)nc8c7nc6-c6c(C)c(C)c(Br)c(C)c6C)cc(C#Cc6cc7ccc8ccc(-c9c(C)cc(C)cc9C)nc8c7nc6-c6c(C)c(C)c(Br)c(C)c6C)c5)c(-c5c(C)c(C)c(Br)c(C)c5C)nc4c3n2)c(C)c1. The van der Waals surface area contributed by atoms with Gasteiger partial charge < -0.3 is 0 Å². The third-order valence-electron chi connectivity index (χ3n) is 24.0. The highest BCUT2D eigenvalue weighted by molar-refractivity contribution is 9.11. The Morgan fingerprint density at radius 3 is 0.632 bits per heavy atom. The van der Waals surface area contributed by atoms with Gasteiger partial charge in [-0.25, -0.2) is 29.9 Å². The molecule has 6 heterocycles. The van der Waals surface area contributed by atoms with Gasteiger partial charge in [0, 0.05) is 95.8 Å². The van der Waals surface area contributed by atoms with Crippen molar-refractivity contribution in [3.63, 3.8) is 0 Å². The number of benzene rings is 10. The molecule has 0 radical (unpaired) electrons. The predicted octanol–water partition coefficient (Wildman–Crippen LogP) is 27.9. The molecular formula is C105H87Br3N6. The molecule has 6 aromatic heterocycles. The maximum absolute atomic E-state index is 5.78. The number of aromatic nitrogens is 6. The van der Waals surface area contributed by atoms with Crippen molar-refractivity contribution in [2.24, 2.45) is 0 Å². The maximum Gasteiger partial charge on any atom is 0.0973 e.